The minimum absolute atomic E-state index is 0.257. The molecule has 0 aliphatic carbocycles. The highest BCUT2D eigenvalue weighted by Crippen LogP contribution is 2.36. The molecule has 0 saturated carbocycles. The minimum Gasteiger partial charge on any atom is -0.224 e. The quantitative estimate of drug-likeness (QED) is 0.714. The van der Waals surface area contributed by atoms with Crippen molar-refractivity contribution in [2.45, 2.75) is 4.90 Å². The van der Waals surface area contributed by atoms with Crippen LogP contribution in [0.4, 0.5) is 4.39 Å². The second kappa shape index (κ2) is 4.68. The molecule has 0 saturated heterocycles. The Hall–Kier alpha value is -1.72. The monoisotopic (exact) mass is 306 g/mol. The summed E-state index contributed by atoms with van der Waals surface area (Å²) >= 11 is 1.45. The first-order valence-electron chi connectivity index (χ1n) is 5.94. The molecule has 0 atom stereocenters. The third kappa shape index (κ3) is 2.23. The van der Waals surface area contributed by atoms with Gasteiger partial charge in [-0.2, -0.15) is 0 Å². The number of rotatable bonds is 2. The average Bonchev–Trinajstić information content (AvgIpc) is 2.81. The summed E-state index contributed by atoms with van der Waals surface area (Å²) in [6.07, 6.45) is 1.01. The summed E-state index contributed by atoms with van der Waals surface area (Å²) in [4.78, 5) is 0.474. The molecule has 0 aliphatic rings. The maximum atomic E-state index is 14.4. The summed E-state index contributed by atoms with van der Waals surface area (Å²) in [6, 6.07) is 14.1. The molecule has 0 spiro atoms. The van der Waals surface area contributed by atoms with Crippen molar-refractivity contribution >= 4 is 31.3 Å². The maximum Gasteiger partial charge on any atom is 0.178 e. The van der Waals surface area contributed by atoms with Crippen LogP contribution in [-0.2, 0) is 9.84 Å². The Morgan fingerprint density at radius 2 is 1.80 bits per heavy atom. The number of hydrogen-bond acceptors (Lipinski definition) is 3. The Labute approximate surface area is 120 Å². The van der Waals surface area contributed by atoms with Crippen LogP contribution in [0.3, 0.4) is 0 Å². The molecular formula is C15H11FO2S2. The van der Waals surface area contributed by atoms with E-state index in [1.54, 1.807) is 12.1 Å². The summed E-state index contributed by atoms with van der Waals surface area (Å²) in [6.45, 7) is 0. The van der Waals surface area contributed by atoms with Gasteiger partial charge in [0.2, 0.25) is 0 Å². The van der Waals surface area contributed by atoms with E-state index in [0.717, 1.165) is 21.2 Å². The summed E-state index contributed by atoms with van der Waals surface area (Å²) in [5.41, 5.74) is 0.328. The van der Waals surface area contributed by atoms with Crippen LogP contribution < -0.4 is 0 Å². The van der Waals surface area contributed by atoms with Crippen molar-refractivity contribution in [3.63, 3.8) is 0 Å². The van der Waals surface area contributed by atoms with Crippen LogP contribution in [0.25, 0.3) is 20.5 Å². The SMILES string of the molecule is CS(=O)(=O)c1cccc(-c2cc3ccccc3s2)c1F. The molecule has 0 fully saturated rings. The topological polar surface area (TPSA) is 34.1 Å². The van der Waals surface area contributed by atoms with Gasteiger partial charge in [0.1, 0.15) is 10.7 Å². The first-order valence-corrected chi connectivity index (χ1v) is 8.65. The number of benzene rings is 2. The van der Waals surface area contributed by atoms with Crippen molar-refractivity contribution < 1.29 is 12.8 Å². The van der Waals surface area contributed by atoms with Crippen molar-refractivity contribution in [1.82, 2.24) is 0 Å². The van der Waals surface area contributed by atoms with Crippen LogP contribution in [0.15, 0.2) is 53.4 Å². The van der Waals surface area contributed by atoms with E-state index in [9.17, 15) is 12.8 Å². The zero-order chi connectivity index (χ0) is 14.3. The first kappa shape index (κ1) is 13.3. The largest absolute Gasteiger partial charge is 0.224 e. The molecule has 2 aromatic carbocycles. The zero-order valence-corrected chi connectivity index (χ0v) is 12.3. The fourth-order valence-corrected chi connectivity index (χ4v) is 3.95. The van der Waals surface area contributed by atoms with E-state index in [1.807, 2.05) is 30.3 Å². The third-order valence-corrected chi connectivity index (χ3v) is 5.32. The zero-order valence-electron chi connectivity index (χ0n) is 10.6. The Balaban J connectivity index is 2.24. The van der Waals surface area contributed by atoms with Crippen LogP contribution in [0.1, 0.15) is 0 Å². The van der Waals surface area contributed by atoms with Gasteiger partial charge in [-0.15, -0.1) is 11.3 Å². The van der Waals surface area contributed by atoms with Crippen molar-refractivity contribution in [1.29, 1.82) is 0 Å². The van der Waals surface area contributed by atoms with Gasteiger partial charge in [-0.3, -0.25) is 0 Å². The lowest BCUT2D eigenvalue weighted by Gasteiger charge is -2.04. The van der Waals surface area contributed by atoms with E-state index in [-0.39, 0.29) is 4.90 Å². The second-order valence-electron chi connectivity index (χ2n) is 4.54. The molecule has 0 unspecified atom stereocenters. The molecule has 0 aliphatic heterocycles. The van der Waals surface area contributed by atoms with Gasteiger partial charge in [0.25, 0.3) is 0 Å². The van der Waals surface area contributed by atoms with Crippen molar-refractivity contribution in [2.75, 3.05) is 6.26 Å². The Morgan fingerprint density at radius 3 is 2.50 bits per heavy atom. The van der Waals surface area contributed by atoms with Crippen molar-refractivity contribution in [2.24, 2.45) is 0 Å². The predicted molar refractivity (Wildman–Crippen MR) is 80.3 cm³/mol. The first-order chi connectivity index (χ1) is 9.47. The minimum atomic E-state index is -3.56. The normalized spacial score (nSPS) is 11.9. The molecule has 0 radical (unpaired) electrons. The van der Waals surface area contributed by atoms with Crippen LogP contribution in [-0.4, -0.2) is 14.7 Å². The van der Waals surface area contributed by atoms with Gasteiger partial charge in [0, 0.05) is 21.4 Å². The molecule has 2 nitrogen and oxygen atoms in total. The van der Waals surface area contributed by atoms with Crippen LogP contribution in [0.2, 0.25) is 0 Å². The number of halogens is 1. The molecule has 1 aromatic heterocycles. The van der Waals surface area contributed by atoms with Gasteiger partial charge < -0.3 is 0 Å². The lowest BCUT2D eigenvalue weighted by Crippen LogP contribution is -2.01. The van der Waals surface area contributed by atoms with Crippen LogP contribution in [0.5, 0.6) is 0 Å². The van der Waals surface area contributed by atoms with E-state index in [1.165, 1.54) is 17.4 Å². The third-order valence-electron chi connectivity index (χ3n) is 3.05. The van der Waals surface area contributed by atoms with E-state index < -0.39 is 15.7 Å². The summed E-state index contributed by atoms with van der Waals surface area (Å²) < 4.78 is 38.6. The Kier molecular flexibility index (Phi) is 3.11. The predicted octanol–water partition coefficient (Wildman–Crippen LogP) is 4.11. The van der Waals surface area contributed by atoms with E-state index in [0.29, 0.717) is 5.56 Å². The van der Waals surface area contributed by atoms with Crippen molar-refractivity contribution in [3.05, 3.63) is 54.3 Å². The number of thiophene rings is 1. The molecule has 3 aromatic rings. The van der Waals surface area contributed by atoms with Gasteiger partial charge in [0.15, 0.2) is 9.84 Å². The highest BCUT2D eigenvalue weighted by Gasteiger charge is 2.18. The molecule has 1 heterocycles. The molecule has 0 N–H and O–H groups in total. The Morgan fingerprint density at radius 1 is 1.05 bits per heavy atom. The van der Waals surface area contributed by atoms with E-state index in [4.69, 9.17) is 0 Å². The standard InChI is InChI=1S/C15H11FO2S2/c1-20(17,18)14-8-4-6-11(15(14)16)13-9-10-5-2-3-7-12(10)19-13/h2-9H,1H3. The van der Waals surface area contributed by atoms with Gasteiger partial charge in [-0.1, -0.05) is 30.3 Å². The summed E-state index contributed by atoms with van der Waals surface area (Å²) in [7, 11) is -3.56. The van der Waals surface area contributed by atoms with Gasteiger partial charge in [0.05, 0.1) is 0 Å². The number of sulfone groups is 1. The maximum absolute atomic E-state index is 14.4. The fraction of sp³-hybridized carbons (Fsp3) is 0.0667. The highest BCUT2D eigenvalue weighted by molar-refractivity contribution is 7.90. The summed E-state index contributed by atoms with van der Waals surface area (Å²) in [5.74, 6) is -0.679. The second-order valence-corrected chi connectivity index (χ2v) is 7.61. The van der Waals surface area contributed by atoms with Gasteiger partial charge >= 0.3 is 0 Å². The molecule has 3 rings (SSSR count). The van der Waals surface area contributed by atoms with Crippen molar-refractivity contribution in [3.8, 4) is 10.4 Å². The lowest BCUT2D eigenvalue weighted by atomic mass is 10.1. The Bertz CT molecular complexity index is 862. The summed E-state index contributed by atoms with van der Waals surface area (Å²) in [5, 5.41) is 1.02. The van der Waals surface area contributed by atoms with E-state index >= 15 is 0 Å². The van der Waals surface area contributed by atoms with Gasteiger partial charge in [-0.05, 0) is 23.6 Å². The van der Waals surface area contributed by atoms with Crippen LogP contribution in [0, 0.1) is 5.82 Å². The molecule has 5 heteroatoms. The van der Waals surface area contributed by atoms with Gasteiger partial charge in [-0.25, -0.2) is 12.8 Å². The number of fused-ring (bicyclic) bond motifs is 1. The molecular weight excluding hydrogens is 295 g/mol. The molecule has 0 amide bonds. The lowest BCUT2D eigenvalue weighted by molar-refractivity contribution is 0.573. The molecule has 20 heavy (non-hydrogen) atoms. The number of hydrogen-bond donors (Lipinski definition) is 0. The van der Waals surface area contributed by atoms with E-state index in [2.05, 4.69) is 0 Å². The average molecular weight is 306 g/mol. The van der Waals surface area contributed by atoms with Crippen LogP contribution >= 0.6 is 11.3 Å². The smallest absolute Gasteiger partial charge is 0.178 e. The molecule has 102 valence electrons. The highest BCUT2D eigenvalue weighted by atomic mass is 32.2. The molecule has 0 bridgehead atoms. The fourth-order valence-electron chi connectivity index (χ4n) is 2.10.